The van der Waals surface area contributed by atoms with E-state index in [1.54, 1.807) is 7.11 Å². The molecule has 0 aromatic heterocycles. The molecule has 0 spiro atoms. The summed E-state index contributed by atoms with van der Waals surface area (Å²) in [5.74, 6) is 1.01. The lowest BCUT2D eigenvalue weighted by Gasteiger charge is -2.35. The first kappa shape index (κ1) is 19.0. The van der Waals surface area contributed by atoms with Crippen LogP contribution in [0.15, 0.2) is 48.5 Å². The number of benzene rings is 2. The average molecular weight is 366 g/mol. The maximum absolute atomic E-state index is 12.5. The van der Waals surface area contributed by atoms with Crippen molar-refractivity contribution < 1.29 is 14.3 Å². The van der Waals surface area contributed by atoms with Gasteiger partial charge in [0.2, 0.25) is 11.8 Å². The monoisotopic (exact) mass is 366 g/mol. The van der Waals surface area contributed by atoms with Crippen LogP contribution in [0.1, 0.15) is 16.7 Å². The Kier molecular flexibility index (Phi) is 6.12. The minimum Gasteiger partial charge on any atom is -0.497 e. The fourth-order valence-corrected chi connectivity index (χ4v) is 3.23. The second kappa shape index (κ2) is 8.71. The summed E-state index contributed by atoms with van der Waals surface area (Å²) < 4.78 is 5.14. The third-order valence-corrected chi connectivity index (χ3v) is 4.98. The van der Waals surface area contributed by atoms with Crippen LogP contribution in [0.2, 0.25) is 0 Å². The van der Waals surface area contributed by atoms with Crippen LogP contribution in [0.25, 0.3) is 0 Å². The van der Waals surface area contributed by atoms with Gasteiger partial charge in [0.15, 0.2) is 0 Å². The summed E-state index contributed by atoms with van der Waals surface area (Å²) in [4.78, 5) is 28.7. The van der Waals surface area contributed by atoms with Gasteiger partial charge in [0.25, 0.3) is 0 Å². The molecule has 142 valence electrons. The quantitative estimate of drug-likeness (QED) is 0.817. The summed E-state index contributed by atoms with van der Waals surface area (Å²) in [6, 6.07) is 15.6. The van der Waals surface area contributed by atoms with Gasteiger partial charge in [-0.1, -0.05) is 42.0 Å². The van der Waals surface area contributed by atoms with Gasteiger partial charge in [-0.05, 0) is 30.2 Å². The Morgan fingerprint density at radius 1 is 0.778 bits per heavy atom. The van der Waals surface area contributed by atoms with Crippen LogP contribution in [-0.2, 0) is 22.4 Å². The molecule has 0 bridgehead atoms. The molecule has 27 heavy (non-hydrogen) atoms. The molecule has 0 unspecified atom stereocenters. The maximum Gasteiger partial charge on any atom is 0.227 e. The highest BCUT2D eigenvalue weighted by atomic mass is 16.5. The molecule has 1 aliphatic rings. The number of amides is 2. The average Bonchev–Trinajstić information content (AvgIpc) is 2.70. The first-order chi connectivity index (χ1) is 13.0. The predicted molar refractivity (Wildman–Crippen MR) is 105 cm³/mol. The zero-order chi connectivity index (χ0) is 19.2. The number of piperazine rings is 1. The second-order valence-electron chi connectivity index (χ2n) is 6.95. The van der Waals surface area contributed by atoms with Crippen molar-refractivity contribution in [3.8, 4) is 5.75 Å². The zero-order valence-corrected chi connectivity index (χ0v) is 16.0. The van der Waals surface area contributed by atoms with E-state index in [4.69, 9.17) is 4.74 Å². The molecule has 2 aromatic rings. The molecule has 1 aliphatic heterocycles. The van der Waals surface area contributed by atoms with E-state index in [9.17, 15) is 9.59 Å². The Morgan fingerprint density at radius 2 is 1.19 bits per heavy atom. The molecule has 5 nitrogen and oxygen atoms in total. The Hall–Kier alpha value is -2.82. The van der Waals surface area contributed by atoms with E-state index in [0.29, 0.717) is 39.0 Å². The van der Waals surface area contributed by atoms with Crippen molar-refractivity contribution in [1.82, 2.24) is 9.80 Å². The van der Waals surface area contributed by atoms with E-state index in [2.05, 4.69) is 0 Å². The molecule has 0 aliphatic carbocycles. The van der Waals surface area contributed by atoms with E-state index in [1.807, 2.05) is 65.3 Å². The third kappa shape index (κ3) is 5.09. The van der Waals surface area contributed by atoms with Gasteiger partial charge in [0, 0.05) is 26.2 Å². The lowest BCUT2D eigenvalue weighted by Crippen LogP contribution is -2.51. The van der Waals surface area contributed by atoms with Crippen molar-refractivity contribution in [2.45, 2.75) is 19.8 Å². The first-order valence-electron chi connectivity index (χ1n) is 9.29. The van der Waals surface area contributed by atoms with Crippen molar-refractivity contribution in [2.75, 3.05) is 33.3 Å². The van der Waals surface area contributed by atoms with Crippen LogP contribution in [0.5, 0.6) is 5.75 Å². The molecular formula is C22H26N2O3. The van der Waals surface area contributed by atoms with Gasteiger partial charge >= 0.3 is 0 Å². The third-order valence-electron chi connectivity index (χ3n) is 4.98. The summed E-state index contributed by atoms with van der Waals surface area (Å²) in [6.45, 7) is 4.41. The number of carbonyl (C=O) groups is 2. The standard InChI is InChI=1S/C22H26N2O3/c1-17-3-5-18(6-4-17)15-21(25)23-11-13-24(14-12-23)22(26)16-19-7-9-20(27-2)10-8-19/h3-10H,11-16H2,1-2H3. The molecule has 3 rings (SSSR count). The van der Waals surface area contributed by atoms with Crippen LogP contribution in [-0.4, -0.2) is 54.9 Å². The fourth-order valence-electron chi connectivity index (χ4n) is 3.23. The molecule has 2 amide bonds. The summed E-state index contributed by atoms with van der Waals surface area (Å²) in [5, 5.41) is 0. The summed E-state index contributed by atoms with van der Waals surface area (Å²) in [5.41, 5.74) is 3.19. The zero-order valence-electron chi connectivity index (χ0n) is 16.0. The first-order valence-corrected chi connectivity index (χ1v) is 9.29. The lowest BCUT2D eigenvalue weighted by atomic mass is 10.1. The lowest BCUT2D eigenvalue weighted by molar-refractivity contribution is -0.138. The number of nitrogens with zero attached hydrogens (tertiary/aromatic N) is 2. The minimum absolute atomic E-state index is 0.103. The number of carbonyl (C=O) groups excluding carboxylic acids is 2. The molecule has 1 saturated heterocycles. The van der Waals surface area contributed by atoms with Gasteiger partial charge in [-0.2, -0.15) is 0 Å². The highest BCUT2D eigenvalue weighted by molar-refractivity contribution is 5.81. The van der Waals surface area contributed by atoms with E-state index >= 15 is 0 Å². The molecule has 0 radical (unpaired) electrons. The predicted octanol–water partition coefficient (Wildman–Crippen LogP) is 2.46. The highest BCUT2D eigenvalue weighted by Crippen LogP contribution is 2.14. The molecule has 1 heterocycles. The van der Waals surface area contributed by atoms with E-state index < -0.39 is 0 Å². The number of hydrogen-bond acceptors (Lipinski definition) is 3. The van der Waals surface area contributed by atoms with Crippen molar-refractivity contribution >= 4 is 11.8 Å². The van der Waals surface area contributed by atoms with Crippen LogP contribution in [0.4, 0.5) is 0 Å². The number of rotatable bonds is 5. The summed E-state index contributed by atoms with van der Waals surface area (Å²) >= 11 is 0. The van der Waals surface area contributed by atoms with Crippen molar-refractivity contribution in [3.05, 3.63) is 65.2 Å². The fraction of sp³-hybridized carbons (Fsp3) is 0.364. The molecule has 1 fully saturated rings. The molecular weight excluding hydrogens is 340 g/mol. The van der Waals surface area contributed by atoms with Gasteiger partial charge < -0.3 is 14.5 Å². The Bertz CT molecular complexity index is 776. The molecule has 5 heteroatoms. The second-order valence-corrected chi connectivity index (χ2v) is 6.95. The van der Waals surface area contributed by atoms with Gasteiger partial charge in [0.05, 0.1) is 20.0 Å². The largest absolute Gasteiger partial charge is 0.497 e. The Labute approximate surface area is 160 Å². The van der Waals surface area contributed by atoms with E-state index in [0.717, 1.165) is 16.9 Å². The molecule has 2 aromatic carbocycles. The van der Waals surface area contributed by atoms with Crippen LogP contribution < -0.4 is 4.74 Å². The Balaban J connectivity index is 1.47. The molecule has 0 N–H and O–H groups in total. The van der Waals surface area contributed by atoms with Crippen molar-refractivity contribution in [2.24, 2.45) is 0 Å². The van der Waals surface area contributed by atoms with Gasteiger partial charge in [0.1, 0.15) is 5.75 Å². The van der Waals surface area contributed by atoms with Crippen molar-refractivity contribution in [1.29, 1.82) is 0 Å². The van der Waals surface area contributed by atoms with Crippen LogP contribution in [0.3, 0.4) is 0 Å². The normalized spacial score (nSPS) is 14.1. The van der Waals surface area contributed by atoms with Gasteiger partial charge in [-0.3, -0.25) is 9.59 Å². The highest BCUT2D eigenvalue weighted by Gasteiger charge is 2.24. The smallest absolute Gasteiger partial charge is 0.227 e. The summed E-state index contributed by atoms with van der Waals surface area (Å²) in [6.07, 6.45) is 0.793. The van der Waals surface area contributed by atoms with Crippen LogP contribution in [0, 0.1) is 6.92 Å². The van der Waals surface area contributed by atoms with E-state index in [1.165, 1.54) is 5.56 Å². The van der Waals surface area contributed by atoms with Gasteiger partial charge in [-0.25, -0.2) is 0 Å². The van der Waals surface area contributed by atoms with E-state index in [-0.39, 0.29) is 11.8 Å². The Morgan fingerprint density at radius 3 is 1.59 bits per heavy atom. The summed E-state index contributed by atoms with van der Waals surface area (Å²) in [7, 11) is 1.62. The minimum atomic E-state index is 0.103. The SMILES string of the molecule is COc1ccc(CC(=O)N2CCN(C(=O)Cc3ccc(C)cc3)CC2)cc1. The topological polar surface area (TPSA) is 49.9 Å². The number of hydrogen-bond donors (Lipinski definition) is 0. The van der Waals surface area contributed by atoms with Crippen LogP contribution >= 0.6 is 0 Å². The number of ether oxygens (including phenoxy) is 1. The van der Waals surface area contributed by atoms with Gasteiger partial charge in [-0.15, -0.1) is 0 Å². The molecule has 0 saturated carbocycles. The number of methoxy groups -OCH3 is 1. The maximum atomic E-state index is 12.5. The van der Waals surface area contributed by atoms with Crippen molar-refractivity contribution in [3.63, 3.8) is 0 Å². The number of aryl methyl sites for hydroxylation is 1. The molecule has 0 atom stereocenters.